The van der Waals surface area contributed by atoms with E-state index >= 15 is 0 Å². The monoisotopic (exact) mass is 250 g/mol. The topological polar surface area (TPSA) is 52.6 Å². The first-order valence-corrected chi connectivity index (χ1v) is 7.62. The van der Waals surface area contributed by atoms with Gasteiger partial charge in [-0.2, -0.15) is 0 Å². The first-order chi connectivity index (χ1) is 7.49. The van der Waals surface area contributed by atoms with Crippen LogP contribution in [0.1, 0.15) is 40.5 Å². The average molecular weight is 250 g/mol. The van der Waals surface area contributed by atoms with Crippen molar-refractivity contribution in [2.75, 3.05) is 19.4 Å². The maximum atomic E-state index is 12.0. The average Bonchev–Trinajstić information content (AvgIpc) is 2.25. The molecule has 0 saturated heterocycles. The quantitative estimate of drug-likeness (QED) is 0.589. The van der Waals surface area contributed by atoms with Gasteiger partial charge in [-0.15, -0.1) is 0 Å². The van der Waals surface area contributed by atoms with Gasteiger partial charge >= 0.3 is 7.60 Å². The van der Waals surface area contributed by atoms with Gasteiger partial charge in [0.15, 0.2) is 0 Å². The molecule has 5 heteroatoms. The lowest BCUT2D eigenvalue weighted by Crippen LogP contribution is -2.12. The lowest BCUT2D eigenvalue weighted by atomic mass is 10.0. The molecule has 0 aromatic carbocycles. The molecular formula is C11H23O4P. The van der Waals surface area contributed by atoms with Crippen molar-refractivity contribution in [3.8, 4) is 0 Å². The molecule has 0 bridgehead atoms. The SMILES string of the molecule is CCOP(=O)(CCC(=O)C(C)CC)OCC. The zero-order valence-corrected chi connectivity index (χ0v) is 11.6. The first-order valence-electron chi connectivity index (χ1n) is 5.89. The maximum absolute atomic E-state index is 12.0. The van der Waals surface area contributed by atoms with Crippen molar-refractivity contribution in [1.82, 2.24) is 0 Å². The van der Waals surface area contributed by atoms with Crippen molar-refractivity contribution >= 4 is 13.4 Å². The molecule has 0 spiro atoms. The smallest absolute Gasteiger partial charge is 0.309 e. The van der Waals surface area contributed by atoms with Crippen LogP contribution in [-0.4, -0.2) is 25.2 Å². The zero-order chi connectivity index (χ0) is 12.6. The highest BCUT2D eigenvalue weighted by Gasteiger charge is 2.25. The molecule has 0 heterocycles. The zero-order valence-electron chi connectivity index (χ0n) is 10.7. The van der Waals surface area contributed by atoms with Gasteiger partial charge in [0.2, 0.25) is 0 Å². The minimum Gasteiger partial charge on any atom is -0.309 e. The van der Waals surface area contributed by atoms with E-state index in [2.05, 4.69) is 0 Å². The van der Waals surface area contributed by atoms with Crippen LogP contribution in [0.25, 0.3) is 0 Å². The molecule has 0 N–H and O–H groups in total. The van der Waals surface area contributed by atoms with Gasteiger partial charge in [-0.3, -0.25) is 9.36 Å². The van der Waals surface area contributed by atoms with E-state index in [9.17, 15) is 9.36 Å². The van der Waals surface area contributed by atoms with E-state index in [0.29, 0.717) is 13.2 Å². The van der Waals surface area contributed by atoms with Crippen molar-refractivity contribution in [2.24, 2.45) is 5.92 Å². The fraction of sp³-hybridized carbons (Fsp3) is 0.909. The molecule has 0 aromatic heterocycles. The Labute approximate surface area is 98.2 Å². The third-order valence-electron chi connectivity index (χ3n) is 2.45. The van der Waals surface area contributed by atoms with E-state index in [1.54, 1.807) is 13.8 Å². The van der Waals surface area contributed by atoms with Gasteiger partial charge in [-0.05, 0) is 20.3 Å². The van der Waals surface area contributed by atoms with Gasteiger partial charge in [0.05, 0.1) is 19.4 Å². The maximum Gasteiger partial charge on any atom is 0.331 e. The lowest BCUT2D eigenvalue weighted by Gasteiger charge is -2.17. The van der Waals surface area contributed by atoms with Crippen LogP contribution >= 0.6 is 7.60 Å². The lowest BCUT2D eigenvalue weighted by molar-refractivity contribution is -0.122. The van der Waals surface area contributed by atoms with Crippen molar-refractivity contribution in [2.45, 2.75) is 40.5 Å². The number of ketones is 1. The Kier molecular flexibility index (Phi) is 7.90. The fourth-order valence-electron chi connectivity index (χ4n) is 1.28. The third-order valence-corrected chi connectivity index (χ3v) is 4.52. The van der Waals surface area contributed by atoms with Crippen LogP contribution in [0.3, 0.4) is 0 Å². The summed E-state index contributed by atoms with van der Waals surface area (Å²) in [6.45, 7) is 8.07. The second kappa shape index (κ2) is 7.99. The van der Waals surface area contributed by atoms with E-state index in [1.165, 1.54) is 0 Å². The van der Waals surface area contributed by atoms with Crippen LogP contribution in [0.2, 0.25) is 0 Å². The Bertz CT molecular complexity index is 242. The highest BCUT2D eigenvalue weighted by Crippen LogP contribution is 2.48. The van der Waals surface area contributed by atoms with Gasteiger partial charge < -0.3 is 9.05 Å². The van der Waals surface area contributed by atoms with E-state index < -0.39 is 7.60 Å². The number of carbonyl (C=O) groups is 1. The number of rotatable bonds is 9. The second-order valence-electron chi connectivity index (χ2n) is 3.70. The summed E-state index contributed by atoms with van der Waals surface area (Å²) < 4.78 is 22.3. The molecule has 0 rings (SSSR count). The van der Waals surface area contributed by atoms with Crippen molar-refractivity contribution in [3.05, 3.63) is 0 Å². The number of carbonyl (C=O) groups excluding carboxylic acids is 1. The molecule has 0 aliphatic carbocycles. The molecule has 0 fully saturated rings. The van der Waals surface area contributed by atoms with Crippen LogP contribution < -0.4 is 0 Å². The Morgan fingerprint density at radius 2 is 1.69 bits per heavy atom. The molecule has 0 aromatic rings. The Morgan fingerprint density at radius 1 is 1.19 bits per heavy atom. The minimum absolute atomic E-state index is 0.0247. The number of hydrogen-bond donors (Lipinski definition) is 0. The molecule has 4 nitrogen and oxygen atoms in total. The molecule has 0 amide bonds. The molecular weight excluding hydrogens is 227 g/mol. The molecule has 0 saturated carbocycles. The van der Waals surface area contributed by atoms with Crippen LogP contribution in [-0.2, 0) is 18.4 Å². The first kappa shape index (κ1) is 15.8. The molecule has 1 unspecified atom stereocenters. The Morgan fingerprint density at radius 3 is 2.06 bits per heavy atom. The Balaban J connectivity index is 4.21. The Hall–Kier alpha value is -0.180. The number of Topliss-reactive ketones (excluding diaryl/α,β-unsaturated/α-hetero) is 1. The van der Waals surface area contributed by atoms with E-state index in [0.717, 1.165) is 6.42 Å². The summed E-state index contributed by atoms with van der Waals surface area (Å²) in [5, 5.41) is 0. The largest absolute Gasteiger partial charge is 0.331 e. The summed E-state index contributed by atoms with van der Waals surface area (Å²) in [6, 6.07) is 0. The molecule has 96 valence electrons. The normalized spacial score (nSPS) is 13.8. The summed E-state index contributed by atoms with van der Waals surface area (Å²) in [7, 11) is -3.04. The van der Waals surface area contributed by atoms with Crippen molar-refractivity contribution in [1.29, 1.82) is 0 Å². The van der Waals surface area contributed by atoms with Gasteiger partial charge in [0, 0.05) is 12.3 Å². The van der Waals surface area contributed by atoms with Gasteiger partial charge in [-0.25, -0.2) is 0 Å². The van der Waals surface area contributed by atoms with Gasteiger partial charge in [-0.1, -0.05) is 13.8 Å². The van der Waals surface area contributed by atoms with Crippen molar-refractivity contribution < 1.29 is 18.4 Å². The van der Waals surface area contributed by atoms with E-state index in [1.807, 2.05) is 13.8 Å². The highest BCUT2D eigenvalue weighted by atomic mass is 31.2. The summed E-state index contributed by atoms with van der Waals surface area (Å²) in [6.07, 6.45) is 1.27. The summed E-state index contributed by atoms with van der Waals surface area (Å²) in [4.78, 5) is 11.6. The molecule has 0 aliphatic rings. The minimum atomic E-state index is -3.04. The highest BCUT2D eigenvalue weighted by molar-refractivity contribution is 7.53. The summed E-state index contributed by atoms with van der Waals surface area (Å²) in [5.74, 6) is 0.152. The van der Waals surface area contributed by atoms with Gasteiger partial charge in [0.1, 0.15) is 5.78 Å². The summed E-state index contributed by atoms with van der Waals surface area (Å²) >= 11 is 0. The fourth-order valence-corrected chi connectivity index (χ4v) is 2.89. The molecule has 0 radical (unpaired) electrons. The molecule has 1 atom stereocenters. The number of hydrogen-bond acceptors (Lipinski definition) is 4. The molecule has 0 aliphatic heterocycles. The second-order valence-corrected chi connectivity index (χ2v) is 5.88. The predicted molar refractivity (Wildman–Crippen MR) is 64.8 cm³/mol. The van der Waals surface area contributed by atoms with Crippen molar-refractivity contribution in [3.63, 3.8) is 0 Å². The van der Waals surface area contributed by atoms with Crippen LogP contribution in [0.15, 0.2) is 0 Å². The van der Waals surface area contributed by atoms with Gasteiger partial charge in [0.25, 0.3) is 0 Å². The summed E-state index contributed by atoms with van der Waals surface area (Å²) in [5.41, 5.74) is 0. The van der Waals surface area contributed by atoms with Crippen LogP contribution in [0.4, 0.5) is 0 Å². The predicted octanol–water partition coefficient (Wildman–Crippen LogP) is 3.26. The van der Waals surface area contributed by atoms with E-state index in [4.69, 9.17) is 9.05 Å². The van der Waals surface area contributed by atoms with E-state index in [-0.39, 0.29) is 24.3 Å². The van der Waals surface area contributed by atoms with Crippen LogP contribution in [0.5, 0.6) is 0 Å². The molecule has 16 heavy (non-hydrogen) atoms. The standard InChI is InChI=1S/C11H23O4P/c1-5-10(4)11(12)8-9-16(13,14-6-2)15-7-3/h10H,5-9H2,1-4H3. The van der Waals surface area contributed by atoms with Crippen LogP contribution in [0, 0.1) is 5.92 Å². The third kappa shape index (κ3) is 5.78.